The zero-order valence-electron chi connectivity index (χ0n) is 14.1. The van der Waals surface area contributed by atoms with Crippen LogP contribution in [0.25, 0.3) is 0 Å². The molecule has 2 aromatic carbocycles. The average molecular weight is 476 g/mol. The Morgan fingerprint density at radius 2 is 2.04 bits per heavy atom. The average Bonchev–Trinajstić information content (AvgIpc) is 2.61. The molecular weight excluding hydrogens is 457 g/mol. The molecule has 1 atom stereocenters. The summed E-state index contributed by atoms with van der Waals surface area (Å²) in [4.78, 5) is 17.3. The summed E-state index contributed by atoms with van der Waals surface area (Å²) in [5, 5.41) is 12.1. The number of para-hydroxylation sites is 1. The van der Waals surface area contributed by atoms with Crippen LogP contribution in [0.15, 0.2) is 36.4 Å². The van der Waals surface area contributed by atoms with Crippen molar-refractivity contribution in [3.63, 3.8) is 0 Å². The number of nitrogens with one attached hydrogen (secondary N) is 2. The number of aliphatic hydroxyl groups is 1. The lowest BCUT2D eigenvalue weighted by molar-refractivity contribution is 0.0161. The van der Waals surface area contributed by atoms with Crippen molar-refractivity contribution in [3.05, 3.63) is 57.2 Å². The van der Waals surface area contributed by atoms with Crippen molar-refractivity contribution in [2.24, 2.45) is 0 Å². The van der Waals surface area contributed by atoms with Gasteiger partial charge in [-0.25, -0.2) is 14.3 Å². The van der Waals surface area contributed by atoms with E-state index in [0.29, 0.717) is 16.4 Å². The lowest BCUT2D eigenvalue weighted by Crippen LogP contribution is -2.26. The highest BCUT2D eigenvalue weighted by atomic mass is 127. The van der Waals surface area contributed by atoms with Crippen molar-refractivity contribution in [3.8, 4) is 0 Å². The third-order valence-corrected chi connectivity index (χ3v) is 4.31. The maximum absolute atomic E-state index is 14.2. The van der Waals surface area contributed by atoms with Gasteiger partial charge >= 0.3 is 0 Å². The number of carbonyl (C=O) groups is 1. The number of amides is 1. The van der Waals surface area contributed by atoms with E-state index >= 15 is 0 Å². The third kappa shape index (κ3) is 5.61. The molecule has 0 radical (unpaired) electrons. The summed E-state index contributed by atoms with van der Waals surface area (Å²) in [7, 11) is 0. The van der Waals surface area contributed by atoms with Gasteiger partial charge in [0.25, 0.3) is 5.91 Å². The van der Waals surface area contributed by atoms with Crippen molar-refractivity contribution < 1.29 is 23.5 Å². The number of aliphatic hydroxyl groups excluding tert-OH is 1. The molecule has 0 heterocycles. The molecule has 5 nitrogen and oxygen atoms in total. The molecule has 1 unspecified atom stereocenters. The summed E-state index contributed by atoms with van der Waals surface area (Å²) in [6.45, 7) is 1.95. The number of hydroxylamine groups is 1. The number of halogens is 3. The van der Waals surface area contributed by atoms with E-state index in [1.165, 1.54) is 30.3 Å². The molecule has 0 saturated heterocycles. The second kappa shape index (κ2) is 9.79. The molecular formula is C18H19F2IN2O3. The van der Waals surface area contributed by atoms with E-state index in [0.717, 1.165) is 0 Å². The van der Waals surface area contributed by atoms with Gasteiger partial charge in [0.2, 0.25) is 0 Å². The first kappa shape index (κ1) is 20.5. The van der Waals surface area contributed by atoms with Crippen molar-refractivity contribution in [1.82, 2.24) is 5.48 Å². The Hall–Kier alpha value is -1.78. The van der Waals surface area contributed by atoms with Crippen LogP contribution in [0.1, 0.15) is 30.1 Å². The minimum absolute atomic E-state index is 0.0287. The van der Waals surface area contributed by atoms with Crippen LogP contribution in [-0.4, -0.2) is 23.7 Å². The van der Waals surface area contributed by atoms with Crippen LogP contribution in [0, 0.1) is 15.2 Å². The Kier molecular flexibility index (Phi) is 7.73. The van der Waals surface area contributed by atoms with Gasteiger partial charge in [-0.2, -0.15) is 0 Å². The number of hydrogen-bond donors (Lipinski definition) is 3. The van der Waals surface area contributed by atoms with Crippen LogP contribution in [0.2, 0.25) is 0 Å². The molecule has 0 bridgehead atoms. The largest absolute Gasteiger partial charge is 0.393 e. The van der Waals surface area contributed by atoms with Gasteiger partial charge in [0, 0.05) is 3.57 Å². The van der Waals surface area contributed by atoms with Crippen LogP contribution in [0.4, 0.5) is 20.2 Å². The standard InChI is InChI=1S/C18H19F2IN2O3/c1-2-12(24)8-9-26-23-18(25)13-4-3-5-14(19)17(13)22-16-7-6-11(21)10-15(16)20/h3-7,10,12,22,24H,2,8-9H2,1H3,(H,23,25). The van der Waals surface area contributed by atoms with E-state index in [1.54, 1.807) is 6.07 Å². The fraction of sp³-hybridized carbons (Fsp3) is 0.278. The molecule has 3 N–H and O–H groups in total. The molecule has 0 fully saturated rings. The highest BCUT2D eigenvalue weighted by Gasteiger charge is 2.17. The fourth-order valence-corrected chi connectivity index (χ4v) is 2.59. The molecule has 0 spiro atoms. The SMILES string of the molecule is CCC(O)CCONC(=O)c1cccc(F)c1Nc1ccc(I)cc1F. The van der Waals surface area contributed by atoms with Crippen LogP contribution >= 0.6 is 22.6 Å². The summed E-state index contributed by atoms with van der Waals surface area (Å²) in [5.41, 5.74) is 2.08. The zero-order valence-corrected chi connectivity index (χ0v) is 16.2. The van der Waals surface area contributed by atoms with E-state index in [9.17, 15) is 18.7 Å². The minimum Gasteiger partial charge on any atom is -0.393 e. The van der Waals surface area contributed by atoms with Crippen molar-refractivity contribution >= 4 is 39.9 Å². The second-order valence-electron chi connectivity index (χ2n) is 5.54. The van der Waals surface area contributed by atoms with Crippen molar-refractivity contribution in [1.29, 1.82) is 0 Å². The van der Waals surface area contributed by atoms with E-state index in [2.05, 4.69) is 10.8 Å². The van der Waals surface area contributed by atoms with Crippen LogP contribution in [-0.2, 0) is 4.84 Å². The molecule has 8 heteroatoms. The first-order valence-electron chi connectivity index (χ1n) is 8.03. The topological polar surface area (TPSA) is 70.6 Å². The van der Waals surface area contributed by atoms with Crippen molar-refractivity contribution in [2.75, 3.05) is 11.9 Å². The summed E-state index contributed by atoms with van der Waals surface area (Å²) in [5.74, 6) is -1.93. The van der Waals surface area contributed by atoms with Gasteiger partial charge in [0.1, 0.15) is 11.6 Å². The molecule has 0 aliphatic carbocycles. The second-order valence-corrected chi connectivity index (χ2v) is 6.79. The molecule has 0 aromatic heterocycles. The Bertz CT molecular complexity index is 774. The van der Waals surface area contributed by atoms with E-state index in [4.69, 9.17) is 4.84 Å². The third-order valence-electron chi connectivity index (χ3n) is 3.64. The molecule has 1 amide bonds. The van der Waals surface area contributed by atoms with Gasteiger partial charge in [0.15, 0.2) is 0 Å². The highest BCUT2D eigenvalue weighted by Crippen LogP contribution is 2.27. The highest BCUT2D eigenvalue weighted by molar-refractivity contribution is 14.1. The first-order chi connectivity index (χ1) is 12.4. The van der Waals surface area contributed by atoms with E-state index in [-0.39, 0.29) is 23.5 Å². The molecule has 0 saturated carbocycles. The molecule has 2 aromatic rings. The molecule has 140 valence electrons. The Morgan fingerprint density at radius 1 is 1.27 bits per heavy atom. The molecule has 0 aliphatic rings. The van der Waals surface area contributed by atoms with Crippen LogP contribution in [0.5, 0.6) is 0 Å². The number of hydrogen-bond acceptors (Lipinski definition) is 4. The van der Waals surface area contributed by atoms with Crippen LogP contribution < -0.4 is 10.8 Å². The van der Waals surface area contributed by atoms with Gasteiger partial charge in [-0.3, -0.25) is 9.63 Å². The van der Waals surface area contributed by atoms with Gasteiger partial charge in [-0.15, -0.1) is 0 Å². The molecule has 0 aliphatic heterocycles. The Balaban J connectivity index is 2.12. The smallest absolute Gasteiger partial charge is 0.277 e. The van der Waals surface area contributed by atoms with Crippen molar-refractivity contribution in [2.45, 2.75) is 25.9 Å². The number of anilines is 2. The predicted octanol–water partition coefficient (Wildman–Crippen LogP) is 4.14. The molecule has 2 rings (SSSR count). The van der Waals surface area contributed by atoms with Gasteiger partial charge < -0.3 is 10.4 Å². The monoisotopic (exact) mass is 476 g/mol. The number of carbonyl (C=O) groups excluding carboxylic acids is 1. The summed E-state index contributed by atoms with van der Waals surface area (Å²) >= 11 is 1.96. The fourth-order valence-electron chi connectivity index (χ4n) is 2.14. The van der Waals surface area contributed by atoms with Crippen LogP contribution in [0.3, 0.4) is 0 Å². The van der Waals surface area contributed by atoms with Gasteiger partial charge in [0.05, 0.1) is 29.6 Å². The zero-order chi connectivity index (χ0) is 19.1. The summed E-state index contributed by atoms with van der Waals surface area (Å²) in [6.07, 6.45) is 0.428. The van der Waals surface area contributed by atoms with E-state index in [1.807, 2.05) is 29.5 Å². The maximum atomic E-state index is 14.2. The maximum Gasteiger partial charge on any atom is 0.277 e. The normalized spacial score (nSPS) is 11.9. The van der Waals surface area contributed by atoms with Gasteiger partial charge in [-0.05, 0) is 65.8 Å². The summed E-state index contributed by atoms with van der Waals surface area (Å²) < 4.78 is 28.9. The lowest BCUT2D eigenvalue weighted by Gasteiger charge is -2.14. The lowest BCUT2D eigenvalue weighted by atomic mass is 10.1. The molecule has 26 heavy (non-hydrogen) atoms. The first-order valence-corrected chi connectivity index (χ1v) is 9.11. The number of rotatable bonds is 8. The van der Waals surface area contributed by atoms with Gasteiger partial charge in [-0.1, -0.05) is 13.0 Å². The quantitative estimate of drug-likeness (QED) is 0.305. The number of benzene rings is 2. The van der Waals surface area contributed by atoms with E-state index < -0.39 is 23.6 Å². The Morgan fingerprint density at radius 3 is 2.73 bits per heavy atom. The summed E-state index contributed by atoms with van der Waals surface area (Å²) in [6, 6.07) is 8.37. The predicted molar refractivity (Wildman–Crippen MR) is 103 cm³/mol. The Labute approximate surface area is 163 Å². The minimum atomic E-state index is -0.697.